The third-order valence-electron chi connectivity index (χ3n) is 4.34. The van der Waals surface area contributed by atoms with Gasteiger partial charge in [0.1, 0.15) is 5.75 Å². The highest BCUT2D eigenvalue weighted by Crippen LogP contribution is 2.31. The zero-order chi connectivity index (χ0) is 17.7. The minimum absolute atomic E-state index is 0. The second-order valence-electron chi connectivity index (χ2n) is 6.22. The molecule has 1 aliphatic carbocycles. The molecule has 0 bridgehead atoms. The van der Waals surface area contributed by atoms with Crippen LogP contribution < -0.4 is 21.1 Å². The molecule has 0 aromatic heterocycles. The van der Waals surface area contributed by atoms with Gasteiger partial charge in [-0.05, 0) is 31.4 Å². The number of aryl methyl sites for hydroxylation is 1. The molecule has 0 heterocycles. The van der Waals surface area contributed by atoms with Crippen LogP contribution in [0.5, 0.6) is 5.75 Å². The number of methoxy groups -OCH3 is 1. The van der Waals surface area contributed by atoms with Crippen LogP contribution in [0.4, 0.5) is 5.69 Å². The highest BCUT2D eigenvalue weighted by atomic mass is 35.5. The number of amides is 2. The maximum atomic E-state index is 12.1. The molecule has 1 saturated carbocycles. The Morgan fingerprint density at radius 3 is 2.56 bits per heavy atom. The zero-order valence-electron chi connectivity index (χ0n) is 14.5. The van der Waals surface area contributed by atoms with Crippen LogP contribution in [0.2, 0.25) is 5.02 Å². The quantitative estimate of drug-likeness (QED) is 0.696. The number of ether oxygens (including phenoxy) is 1. The molecule has 2 amide bonds. The highest BCUT2D eigenvalue weighted by molar-refractivity contribution is 6.31. The average Bonchev–Trinajstić information content (AvgIpc) is 2.98. The predicted octanol–water partition coefficient (Wildman–Crippen LogP) is 2.80. The van der Waals surface area contributed by atoms with Gasteiger partial charge in [0, 0.05) is 24.1 Å². The van der Waals surface area contributed by atoms with E-state index in [-0.39, 0.29) is 37.2 Å². The van der Waals surface area contributed by atoms with Crippen LogP contribution in [0.3, 0.4) is 0 Å². The normalized spacial score (nSPS) is 15.2. The Balaban J connectivity index is 0.00000312. The molecule has 2 rings (SSSR count). The van der Waals surface area contributed by atoms with Crippen LogP contribution in [0.25, 0.3) is 0 Å². The molecule has 1 fully saturated rings. The summed E-state index contributed by atoms with van der Waals surface area (Å²) in [4.78, 5) is 24.2. The van der Waals surface area contributed by atoms with Gasteiger partial charge in [-0.3, -0.25) is 9.59 Å². The predicted molar refractivity (Wildman–Crippen MR) is 102 cm³/mol. The summed E-state index contributed by atoms with van der Waals surface area (Å²) >= 11 is 6.04. The summed E-state index contributed by atoms with van der Waals surface area (Å²) in [5.74, 6) is 0.107. The second-order valence-corrected chi connectivity index (χ2v) is 6.63. The van der Waals surface area contributed by atoms with Crippen molar-refractivity contribution in [2.75, 3.05) is 19.0 Å². The van der Waals surface area contributed by atoms with Crippen LogP contribution in [0.15, 0.2) is 12.1 Å². The Kier molecular flexibility index (Phi) is 7.99. The van der Waals surface area contributed by atoms with Crippen molar-refractivity contribution in [3.63, 3.8) is 0 Å². The largest absolute Gasteiger partial charge is 0.495 e. The van der Waals surface area contributed by atoms with Gasteiger partial charge in [-0.2, -0.15) is 0 Å². The highest BCUT2D eigenvalue weighted by Gasteiger charge is 2.36. The minimum atomic E-state index is -0.771. The summed E-state index contributed by atoms with van der Waals surface area (Å²) in [5, 5.41) is 6.10. The van der Waals surface area contributed by atoms with Crippen molar-refractivity contribution in [2.24, 2.45) is 5.73 Å². The number of nitrogens with two attached hydrogens (primary N) is 1. The third-order valence-corrected chi connectivity index (χ3v) is 4.75. The lowest BCUT2D eigenvalue weighted by Gasteiger charge is -2.22. The van der Waals surface area contributed by atoms with E-state index in [9.17, 15) is 9.59 Å². The number of nitrogens with one attached hydrogen (secondary N) is 2. The fourth-order valence-electron chi connectivity index (χ4n) is 2.84. The van der Waals surface area contributed by atoms with Crippen molar-refractivity contribution in [1.82, 2.24) is 5.32 Å². The zero-order valence-corrected chi connectivity index (χ0v) is 16.1. The molecule has 0 atom stereocenters. The van der Waals surface area contributed by atoms with E-state index in [0.717, 1.165) is 18.4 Å². The lowest BCUT2D eigenvalue weighted by molar-refractivity contribution is -0.126. The Bertz CT molecular complexity index is 632. The Hall–Kier alpha value is -1.50. The van der Waals surface area contributed by atoms with Gasteiger partial charge < -0.3 is 21.1 Å². The molecule has 1 aliphatic rings. The molecule has 0 spiro atoms. The number of anilines is 1. The fraction of sp³-hybridized carbons (Fsp3) is 0.529. The summed E-state index contributed by atoms with van der Waals surface area (Å²) < 4.78 is 5.22. The SMILES string of the molecule is COc1cc(Cl)c(C)cc1NC(=O)CCNC(=O)C1(N)CCCC1.Cl. The Morgan fingerprint density at radius 1 is 1.32 bits per heavy atom. The average molecular weight is 390 g/mol. The minimum Gasteiger partial charge on any atom is -0.495 e. The number of halogens is 2. The molecule has 1 aromatic carbocycles. The van der Waals surface area contributed by atoms with Crippen molar-refractivity contribution in [3.8, 4) is 5.75 Å². The summed E-state index contributed by atoms with van der Waals surface area (Å²) in [6, 6.07) is 3.41. The number of hydrogen-bond donors (Lipinski definition) is 3. The molecule has 0 unspecified atom stereocenters. The first-order valence-corrected chi connectivity index (χ1v) is 8.45. The summed E-state index contributed by atoms with van der Waals surface area (Å²) in [6.45, 7) is 2.10. The molecule has 1 aromatic rings. The lowest BCUT2D eigenvalue weighted by atomic mass is 9.98. The van der Waals surface area contributed by atoms with E-state index in [0.29, 0.717) is 29.3 Å². The van der Waals surface area contributed by atoms with Gasteiger partial charge in [0.2, 0.25) is 11.8 Å². The number of rotatable bonds is 6. The van der Waals surface area contributed by atoms with Crippen LogP contribution >= 0.6 is 24.0 Å². The monoisotopic (exact) mass is 389 g/mol. The van der Waals surface area contributed by atoms with E-state index in [4.69, 9.17) is 22.1 Å². The van der Waals surface area contributed by atoms with Crippen molar-refractivity contribution in [1.29, 1.82) is 0 Å². The molecule has 4 N–H and O–H groups in total. The van der Waals surface area contributed by atoms with E-state index >= 15 is 0 Å². The second kappa shape index (κ2) is 9.27. The standard InChI is InChI=1S/C17H24ClN3O3.ClH/c1-11-9-13(14(24-2)10-12(11)18)21-15(22)5-8-20-16(23)17(19)6-3-4-7-17;/h9-10H,3-8,19H2,1-2H3,(H,20,23)(H,21,22);1H. The molecular formula is C17H25Cl2N3O3. The van der Waals surface area contributed by atoms with Crippen molar-refractivity contribution >= 4 is 41.5 Å². The number of hydrogen-bond acceptors (Lipinski definition) is 4. The fourth-order valence-corrected chi connectivity index (χ4v) is 2.99. The molecule has 0 aliphatic heterocycles. The molecule has 8 heteroatoms. The van der Waals surface area contributed by atoms with Gasteiger partial charge in [0.25, 0.3) is 0 Å². The molecule has 25 heavy (non-hydrogen) atoms. The van der Waals surface area contributed by atoms with E-state index in [1.54, 1.807) is 12.1 Å². The van der Waals surface area contributed by atoms with Crippen LogP contribution in [-0.2, 0) is 9.59 Å². The molecule has 0 radical (unpaired) electrons. The molecule has 140 valence electrons. The first kappa shape index (κ1) is 21.5. The maximum Gasteiger partial charge on any atom is 0.240 e. The van der Waals surface area contributed by atoms with E-state index in [1.807, 2.05) is 6.92 Å². The van der Waals surface area contributed by atoms with Gasteiger partial charge in [0.15, 0.2) is 0 Å². The van der Waals surface area contributed by atoms with E-state index in [2.05, 4.69) is 10.6 Å². The van der Waals surface area contributed by atoms with E-state index < -0.39 is 5.54 Å². The number of carbonyl (C=O) groups excluding carboxylic acids is 2. The molecule has 0 saturated heterocycles. The van der Waals surface area contributed by atoms with Gasteiger partial charge >= 0.3 is 0 Å². The first-order chi connectivity index (χ1) is 11.4. The smallest absolute Gasteiger partial charge is 0.240 e. The van der Waals surface area contributed by atoms with Gasteiger partial charge in [-0.15, -0.1) is 12.4 Å². The van der Waals surface area contributed by atoms with Crippen LogP contribution in [0.1, 0.15) is 37.7 Å². The van der Waals surface area contributed by atoms with Crippen molar-refractivity contribution in [2.45, 2.75) is 44.6 Å². The first-order valence-electron chi connectivity index (χ1n) is 8.07. The Labute approximate surface area is 159 Å². The molecule has 6 nitrogen and oxygen atoms in total. The summed E-state index contributed by atoms with van der Waals surface area (Å²) in [6.07, 6.45) is 3.51. The molecular weight excluding hydrogens is 365 g/mol. The van der Waals surface area contributed by atoms with Gasteiger partial charge in [0.05, 0.1) is 18.3 Å². The summed E-state index contributed by atoms with van der Waals surface area (Å²) in [7, 11) is 1.51. The van der Waals surface area contributed by atoms with Crippen LogP contribution in [0, 0.1) is 6.92 Å². The van der Waals surface area contributed by atoms with E-state index in [1.165, 1.54) is 7.11 Å². The van der Waals surface area contributed by atoms with Gasteiger partial charge in [-0.25, -0.2) is 0 Å². The topological polar surface area (TPSA) is 93.5 Å². The van der Waals surface area contributed by atoms with Crippen molar-refractivity contribution < 1.29 is 14.3 Å². The number of carbonyl (C=O) groups is 2. The van der Waals surface area contributed by atoms with Gasteiger partial charge in [-0.1, -0.05) is 24.4 Å². The van der Waals surface area contributed by atoms with Crippen LogP contribution in [-0.4, -0.2) is 31.0 Å². The third kappa shape index (κ3) is 5.49. The maximum absolute atomic E-state index is 12.1. The summed E-state index contributed by atoms with van der Waals surface area (Å²) in [5.41, 5.74) is 6.70. The number of benzene rings is 1. The lowest BCUT2D eigenvalue weighted by Crippen LogP contribution is -2.52. The Morgan fingerprint density at radius 2 is 1.96 bits per heavy atom. The van der Waals surface area contributed by atoms with Crippen molar-refractivity contribution in [3.05, 3.63) is 22.7 Å².